The largest absolute Gasteiger partial charge is 0.0882 e. The lowest BCUT2D eigenvalue weighted by Gasteiger charge is -2.28. The predicted octanol–water partition coefficient (Wildman–Crippen LogP) is 16.3. The third-order valence-electron chi connectivity index (χ3n) is 9.78. The molecule has 0 unspecified atom stereocenters. The van der Waals surface area contributed by atoms with E-state index in [0.717, 1.165) is 24.2 Å². The Morgan fingerprint density at radius 2 is 1.00 bits per heavy atom. The summed E-state index contributed by atoms with van der Waals surface area (Å²) in [6, 6.07) is 0. The molecule has 0 bridgehead atoms. The molecule has 0 aromatic heterocycles. The Balaban J connectivity index is 0.000000313. The van der Waals surface area contributed by atoms with Gasteiger partial charge in [0.1, 0.15) is 0 Å². The van der Waals surface area contributed by atoms with Crippen LogP contribution in [0.4, 0.5) is 0 Å². The van der Waals surface area contributed by atoms with Crippen LogP contribution in [-0.4, -0.2) is 0 Å². The highest BCUT2D eigenvalue weighted by atomic mass is 14.3. The van der Waals surface area contributed by atoms with Crippen LogP contribution >= 0.6 is 0 Å². The van der Waals surface area contributed by atoms with Crippen molar-refractivity contribution in [2.24, 2.45) is 39.4 Å². The quantitative estimate of drug-likeness (QED) is 0.263. The Labute approximate surface area is 292 Å². The second kappa shape index (κ2) is 22.0. The molecule has 46 heavy (non-hydrogen) atoms. The van der Waals surface area contributed by atoms with Crippen molar-refractivity contribution < 1.29 is 0 Å². The van der Waals surface area contributed by atoms with E-state index in [-0.39, 0.29) is 0 Å². The maximum absolute atomic E-state index is 2.36. The van der Waals surface area contributed by atoms with E-state index in [1.54, 1.807) is 5.57 Å². The van der Waals surface area contributed by atoms with Gasteiger partial charge in [-0.05, 0) is 97.2 Å². The SMILES string of the molecule is CC(C)(C)C/C1=C/C=C\C/C=C\CCC1.CC(C)(C)CC1CC1.CC(C)(C)CC1CCCCC1.CC(C)(C)CCC1CCCCC1. The van der Waals surface area contributed by atoms with E-state index in [1.807, 2.05) is 0 Å². The third-order valence-corrected chi connectivity index (χ3v) is 9.78. The maximum atomic E-state index is 2.36. The van der Waals surface area contributed by atoms with Crippen molar-refractivity contribution in [3.8, 4) is 0 Å². The van der Waals surface area contributed by atoms with E-state index in [9.17, 15) is 0 Å². The number of allylic oxidation sites excluding steroid dienone is 6. The third kappa shape index (κ3) is 29.4. The fourth-order valence-corrected chi connectivity index (χ4v) is 7.49. The molecule has 4 rings (SSSR count). The van der Waals surface area contributed by atoms with Gasteiger partial charge in [0.2, 0.25) is 0 Å². The standard InChI is InChI=1S/C15H24.C12H24.C11H22.C8H16/c1-15(2,3)13-14-11-9-7-5-4-6-8-10-12-14;1-12(2,3)10-9-11-7-5-4-6-8-11;1-11(2,3)9-10-7-5-4-6-8-10;1-8(2,3)6-7-4-5-7/h4-5,8,10,12H,6-7,9,11,13H2,1-3H3;11H,4-10H2,1-3H3;10H,4-9H2,1-3H3;7H,4-6H2,1-3H3/b5-4-,10-8-,14-12+;;;. The van der Waals surface area contributed by atoms with Gasteiger partial charge in [-0.15, -0.1) is 0 Å². The zero-order valence-corrected chi connectivity index (χ0v) is 34.0. The lowest BCUT2D eigenvalue weighted by molar-refractivity contribution is 0.240. The maximum Gasteiger partial charge on any atom is -0.0166 e. The molecule has 0 aromatic rings. The van der Waals surface area contributed by atoms with Gasteiger partial charge in [0, 0.05) is 0 Å². The minimum absolute atomic E-state index is 0.416. The van der Waals surface area contributed by atoms with Crippen molar-refractivity contribution in [2.45, 2.75) is 218 Å². The smallest absolute Gasteiger partial charge is 0.0166 e. The Bertz CT molecular complexity index is 820. The molecule has 0 N–H and O–H groups in total. The van der Waals surface area contributed by atoms with Gasteiger partial charge in [0.25, 0.3) is 0 Å². The van der Waals surface area contributed by atoms with E-state index >= 15 is 0 Å². The van der Waals surface area contributed by atoms with Gasteiger partial charge in [-0.25, -0.2) is 0 Å². The van der Waals surface area contributed by atoms with Crippen LogP contribution in [0, 0.1) is 39.4 Å². The fraction of sp³-hybridized carbons (Fsp3) is 0.870. The Morgan fingerprint density at radius 1 is 0.500 bits per heavy atom. The van der Waals surface area contributed by atoms with Crippen molar-refractivity contribution >= 4 is 0 Å². The van der Waals surface area contributed by atoms with Crippen LogP contribution < -0.4 is 0 Å². The van der Waals surface area contributed by atoms with Crippen molar-refractivity contribution in [1.82, 2.24) is 0 Å². The highest BCUT2D eigenvalue weighted by Crippen LogP contribution is 2.39. The van der Waals surface area contributed by atoms with E-state index < -0.39 is 0 Å². The summed E-state index contributed by atoms with van der Waals surface area (Å²) in [7, 11) is 0. The predicted molar refractivity (Wildman–Crippen MR) is 212 cm³/mol. The van der Waals surface area contributed by atoms with E-state index in [2.05, 4.69) is 113 Å². The average Bonchev–Trinajstić information content (AvgIpc) is 3.74. The molecule has 0 atom stereocenters. The van der Waals surface area contributed by atoms with E-state index in [0.29, 0.717) is 21.7 Å². The molecule has 0 amide bonds. The summed E-state index contributed by atoms with van der Waals surface area (Å²) < 4.78 is 0. The molecule has 0 heteroatoms. The fourth-order valence-electron chi connectivity index (χ4n) is 7.49. The second-order valence-electron chi connectivity index (χ2n) is 20.7. The van der Waals surface area contributed by atoms with Crippen LogP contribution in [0.15, 0.2) is 36.0 Å². The summed E-state index contributed by atoms with van der Waals surface area (Å²) in [5, 5.41) is 0. The van der Waals surface area contributed by atoms with Gasteiger partial charge in [-0.3, -0.25) is 0 Å². The topological polar surface area (TPSA) is 0 Å². The van der Waals surface area contributed by atoms with Crippen molar-refractivity contribution in [1.29, 1.82) is 0 Å². The number of hydrogen-bond donors (Lipinski definition) is 0. The molecule has 0 radical (unpaired) electrons. The molecule has 0 heterocycles. The lowest BCUT2D eigenvalue weighted by atomic mass is 9.78. The Hall–Kier alpha value is -0.780. The molecular formula is C46H86. The molecule has 3 fully saturated rings. The van der Waals surface area contributed by atoms with Crippen LogP contribution in [0.25, 0.3) is 0 Å². The van der Waals surface area contributed by atoms with Crippen molar-refractivity contribution in [3.63, 3.8) is 0 Å². The molecule has 270 valence electrons. The minimum atomic E-state index is 0.416. The van der Waals surface area contributed by atoms with Crippen LogP contribution in [0.5, 0.6) is 0 Å². The van der Waals surface area contributed by atoms with E-state index in [4.69, 9.17) is 0 Å². The molecule has 0 aromatic carbocycles. The van der Waals surface area contributed by atoms with Crippen molar-refractivity contribution in [2.75, 3.05) is 0 Å². The second-order valence-corrected chi connectivity index (χ2v) is 20.7. The molecule has 0 saturated heterocycles. The summed E-state index contributed by atoms with van der Waals surface area (Å²) in [5.74, 6) is 3.21. The average molecular weight is 639 g/mol. The van der Waals surface area contributed by atoms with Crippen LogP contribution in [0.1, 0.15) is 218 Å². The summed E-state index contributed by atoms with van der Waals surface area (Å²) in [6.07, 6.45) is 41.2. The lowest BCUT2D eigenvalue weighted by Crippen LogP contribution is -2.15. The van der Waals surface area contributed by atoms with Crippen LogP contribution in [-0.2, 0) is 0 Å². The normalized spacial score (nSPS) is 23.2. The van der Waals surface area contributed by atoms with Crippen LogP contribution in [0.2, 0.25) is 0 Å². The molecule has 4 aliphatic rings. The molecule has 0 aliphatic heterocycles. The van der Waals surface area contributed by atoms with Gasteiger partial charge in [0.05, 0.1) is 0 Å². The van der Waals surface area contributed by atoms with Gasteiger partial charge in [-0.2, -0.15) is 0 Å². The Morgan fingerprint density at radius 3 is 1.43 bits per heavy atom. The number of rotatable bonds is 5. The summed E-state index contributed by atoms with van der Waals surface area (Å²) in [5.41, 5.74) is 3.72. The first-order valence-electron chi connectivity index (χ1n) is 20.3. The van der Waals surface area contributed by atoms with Crippen LogP contribution in [0.3, 0.4) is 0 Å². The highest BCUT2D eigenvalue weighted by Gasteiger charge is 2.26. The number of hydrogen-bond acceptors (Lipinski definition) is 0. The zero-order chi connectivity index (χ0) is 34.7. The monoisotopic (exact) mass is 639 g/mol. The van der Waals surface area contributed by atoms with Gasteiger partial charge < -0.3 is 0 Å². The molecule has 0 nitrogen and oxygen atoms in total. The summed E-state index contributed by atoms with van der Waals surface area (Å²) >= 11 is 0. The molecule has 0 spiro atoms. The zero-order valence-electron chi connectivity index (χ0n) is 34.0. The molecule has 3 saturated carbocycles. The highest BCUT2D eigenvalue weighted by molar-refractivity contribution is 5.15. The summed E-state index contributed by atoms with van der Waals surface area (Å²) in [6.45, 7) is 28.1. The van der Waals surface area contributed by atoms with Crippen molar-refractivity contribution in [3.05, 3.63) is 36.0 Å². The first kappa shape index (κ1) is 43.2. The molecular weight excluding hydrogens is 553 g/mol. The molecule has 4 aliphatic carbocycles. The van der Waals surface area contributed by atoms with E-state index in [1.165, 1.54) is 128 Å². The first-order valence-corrected chi connectivity index (χ1v) is 20.3. The van der Waals surface area contributed by atoms with Gasteiger partial charge in [0.15, 0.2) is 0 Å². The minimum Gasteiger partial charge on any atom is -0.0882 e. The van der Waals surface area contributed by atoms with Gasteiger partial charge in [-0.1, -0.05) is 196 Å². The first-order chi connectivity index (χ1) is 21.3. The van der Waals surface area contributed by atoms with Gasteiger partial charge >= 0.3 is 0 Å². The summed E-state index contributed by atoms with van der Waals surface area (Å²) in [4.78, 5) is 0. The Kier molecular flexibility index (Phi) is 20.7.